The van der Waals surface area contributed by atoms with E-state index in [9.17, 15) is 4.79 Å². The molecule has 1 rings (SSSR count). The number of benzene rings is 1. The minimum atomic E-state index is 0.0991. The minimum Gasteiger partial charge on any atom is -0.479 e. The lowest BCUT2D eigenvalue weighted by Gasteiger charge is -2.10. The molecular formula is C10H8Cl2N2O2. The molecule has 0 radical (unpaired) electrons. The van der Waals surface area contributed by atoms with Gasteiger partial charge in [0.25, 0.3) is 0 Å². The van der Waals surface area contributed by atoms with Crippen LogP contribution in [0.25, 0.3) is 0 Å². The third-order valence-corrected chi connectivity index (χ3v) is 2.21. The van der Waals surface area contributed by atoms with Crippen molar-refractivity contribution in [3.8, 4) is 18.1 Å². The lowest BCUT2D eigenvalue weighted by molar-refractivity contribution is -0.109. The number of nitrogens with one attached hydrogen (secondary N) is 2. The summed E-state index contributed by atoms with van der Waals surface area (Å²) in [6.45, 7) is 0.0991. The van der Waals surface area contributed by atoms with Gasteiger partial charge < -0.3 is 4.74 Å². The topological polar surface area (TPSA) is 50.4 Å². The molecule has 0 aromatic heterocycles. The number of anilines is 1. The maximum absolute atomic E-state index is 10.1. The smallest absolute Gasteiger partial charge is 0.225 e. The summed E-state index contributed by atoms with van der Waals surface area (Å²) < 4.78 is 5.18. The molecule has 0 atom stereocenters. The molecule has 0 aliphatic carbocycles. The van der Waals surface area contributed by atoms with Crippen molar-refractivity contribution in [2.24, 2.45) is 0 Å². The fraction of sp³-hybridized carbons (Fsp3) is 0.100. The summed E-state index contributed by atoms with van der Waals surface area (Å²) in [4.78, 5) is 10.1. The van der Waals surface area contributed by atoms with Gasteiger partial charge in [-0.3, -0.25) is 15.6 Å². The lowest BCUT2D eigenvalue weighted by Crippen LogP contribution is -2.19. The summed E-state index contributed by atoms with van der Waals surface area (Å²) in [6, 6.07) is 3.03. The Labute approximate surface area is 103 Å². The number of hydrogen-bond donors (Lipinski definition) is 2. The van der Waals surface area contributed by atoms with Crippen molar-refractivity contribution < 1.29 is 9.53 Å². The monoisotopic (exact) mass is 258 g/mol. The van der Waals surface area contributed by atoms with Crippen LogP contribution in [-0.2, 0) is 4.79 Å². The first-order valence-electron chi connectivity index (χ1n) is 4.19. The van der Waals surface area contributed by atoms with E-state index >= 15 is 0 Å². The molecule has 0 bridgehead atoms. The third kappa shape index (κ3) is 3.23. The van der Waals surface area contributed by atoms with Crippen molar-refractivity contribution in [3.63, 3.8) is 0 Å². The fourth-order valence-electron chi connectivity index (χ4n) is 0.962. The zero-order chi connectivity index (χ0) is 12.0. The van der Waals surface area contributed by atoms with Crippen LogP contribution in [0.1, 0.15) is 0 Å². The van der Waals surface area contributed by atoms with Gasteiger partial charge in [0.15, 0.2) is 0 Å². The van der Waals surface area contributed by atoms with E-state index in [1.807, 2.05) is 0 Å². The number of ether oxygens (including phenoxy) is 1. The Morgan fingerprint density at radius 2 is 2.19 bits per heavy atom. The number of rotatable bonds is 5. The van der Waals surface area contributed by atoms with Gasteiger partial charge in [-0.15, -0.1) is 6.42 Å². The molecule has 84 valence electrons. The molecule has 1 aromatic rings. The summed E-state index contributed by atoms with van der Waals surface area (Å²) in [5.41, 5.74) is 5.28. The molecule has 1 aromatic carbocycles. The van der Waals surface area contributed by atoms with Crippen LogP contribution in [0, 0.1) is 12.3 Å². The van der Waals surface area contributed by atoms with Crippen molar-refractivity contribution in [2.45, 2.75) is 0 Å². The van der Waals surface area contributed by atoms with Crippen molar-refractivity contribution in [1.82, 2.24) is 5.43 Å². The van der Waals surface area contributed by atoms with Crippen molar-refractivity contribution >= 4 is 35.3 Å². The van der Waals surface area contributed by atoms with Gasteiger partial charge in [0.1, 0.15) is 12.4 Å². The van der Waals surface area contributed by atoms with Gasteiger partial charge in [0.2, 0.25) is 6.41 Å². The van der Waals surface area contributed by atoms with Crippen molar-refractivity contribution in [3.05, 3.63) is 22.2 Å². The molecule has 0 aliphatic rings. The summed E-state index contributed by atoms with van der Waals surface area (Å²) >= 11 is 11.7. The Balaban J connectivity index is 2.92. The average molecular weight is 259 g/mol. The number of carbonyl (C=O) groups excluding carboxylic acids is 1. The van der Waals surface area contributed by atoms with E-state index in [0.29, 0.717) is 27.9 Å². The second-order valence-corrected chi connectivity index (χ2v) is 3.46. The number of terminal acetylenes is 1. The highest BCUT2D eigenvalue weighted by Crippen LogP contribution is 2.33. The minimum absolute atomic E-state index is 0.0991. The summed E-state index contributed by atoms with van der Waals surface area (Å²) in [5.74, 6) is 2.70. The third-order valence-electron chi connectivity index (χ3n) is 1.60. The molecule has 0 aliphatic heterocycles. The molecule has 0 unspecified atom stereocenters. The van der Waals surface area contributed by atoms with Crippen LogP contribution in [0.3, 0.4) is 0 Å². The highest BCUT2D eigenvalue weighted by atomic mass is 35.5. The Bertz CT molecular complexity index is 430. The molecule has 0 saturated carbocycles. The number of hydrogen-bond acceptors (Lipinski definition) is 3. The Morgan fingerprint density at radius 3 is 2.81 bits per heavy atom. The Morgan fingerprint density at radius 1 is 1.44 bits per heavy atom. The summed E-state index contributed by atoms with van der Waals surface area (Å²) in [5, 5.41) is 0.698. The van der Waals surface area contributed by atoms with Gasteiger partial charge >= 0.3 is 0 Å². The van der Waals surface area contributed by atoms with Gasteiger partial charge in [-0.25, -0.2) is 0 Å². The number of carbonyl (C=O) groups is 1. The molecule has 16 heavy (non-hydrogen) atoms. The maximum Gasteiger partial charge on any atom is 0.225 e. The Hall–Kier alpha value is -1.57. The molecule has 0 fully saturated rings. The Kier molecular flexibility index (Phi) is 4.77. The van der Waals surface area contributed by atoms with Crippen LogP contribution in [0.4, 0.5) is 5.69 Å². The molecule has 6 heteroatoms. The van der Waals surface area contributed by atoms with E-state index in [2.05, 4.69) is 16.8 Å². The molecule has 2 N–H and O–H groups in total. The second kappa shape index (κ2) is 6.11. The SMILES string of the molecule is C#CCOc1cc(NNC=O)c(Cl)cc1Cl. The molecular weight excluding hydrogens is 251 g/mol. The molecule has 1 amide bonds. The lowest BCUT2D eigenvalue weighted by atomic mass is 10.3. The zero-order valence-electron chi connectivity index (χ0n) is 8.09. The first-order chi connectivity index (χ1) is 7.69. The van der Waals surface area contributed by atoms with Crippen LogP contribution in [-0.4, -0.2) is 13.0 Å². The molecule has 4 nitrogen and oxygen atoms in total. The number of hydrazine groups is 1. The van der Waals surface area contributed by atoms with Gasteiger partial charge in [0, 0.05) is 6.07 Å². The average Bonchev–Trinajstić information content (AvgIpc) is 2.26. The highest BCUT2D eigenvalue weighted by Gasteiger charge is 2.07. The predicted octanol–water partition coefficient (Wildman–Crippen LogP) is 2.08. The summed E-state index contributed by atoms with van der Waals surface area (Å²) in [7, 11) is 0. The van der Waals surface area contributed by atoms with Gasteiger partial charge in [-0.1, -0.05) is 29.1 Å². The zero-order valence-corrected chi connectivity index (χ0v) is 9.60. The van der Waals surface area contributed by atoms with Crippen LogP contribution >= 0.6 is 23.2 Å². The van der Waals surface area contributed by atoms with Crippen LogP contribution in [0.5, 0.6) is 5.75 Å². The summed E-state index contributed by atoms with van der Waals surface area (Å²) in [6.07, 6.45) is 5.54. The van der Waals surface area contributed by atoms with E-state index in [1.54, 1.807) is 6.07 Å². The van der Waals surface area contributed by atoms with Crippen molar-refractivity contribution in [2.75, 3.05) is 12.0 Å². The van der Waals surface area contributed by atoms with Crippen molar-refractivity contribution in [1.29, 1.82) is 0 Å². The van der Waals surface area contributed by atoms with E-state index in [4.69, 9.17) is 34.4 Å². The second-order valence-electron chi connectivity index (χ2n) is 2.64. The first-order valence-corrected chi connectivity index (χ1v) is 4.95. The standard InChI is InChI=1S/C10H8Cl2N2O2/c1-2-3-16-10-5-9(14-13-6-15)7(11)4-8(10)12/h1,4-6,14H,3H2,(H,13,15). The maximum atomic E-state index is 10.1. The van der Waals surface area contributed by atoms with Gasteiger partial charge in [-0.2, -0.15) is 0 Å². The van der Waals surface area contributed by atoms with Crippen LogP contribution in [0.2, 0.25) is 10.0 Å². The van der Waals surface area contributed by atoms with E-state index in [-0.39, 0.29) is 6.61 Å². The van der Waals surface area contributed by atoms with Crippen LogP contribution in [0.15, 0.2) is 12.1 Å². The molecule has 0 spiro atoms. The molecule has 0 saturated heterocycles. The predicted molar refractivity (Wildman–Crippen MR) is 63.6 cm³/mol. The first kappa shape index (κ1) is 12.5. The highest BCUT2D eigenvalue weighted by molar-refractivity contribution is 6.37. The van der Waals surface area contributed by atoms with E-state index < -0.39 is 0 Å². The normalized spacial score (nSPS) is 9.06. The van der Waals surface area contributed by atoms with E-state index in [0.717, 1.165) is 0 Å². The van der Waals surface area contributed by atoms with Gasteiger partial charge in [-0.05, 0) is 6.07 Å². The quantitative estimate of drug-likeness (QED) is 0.483. The molecule has 0 heterocycles. The number of halogens is 2. The van der Waals surface area contributed by atoms with Crippen LogP contribution < -0.4 is 15.6 Å². The van der Waals surface area contributed by atoms with E-state index in [1.165, 1.54) is 6.07 Å². The number of amides is 1. The largest absolute Gasteiger partial charge is 0.479 e. The fourth-order valence-corrected chi connectivity index (χ4v) is 1.45. The van der Waals surface area contributed by atoms with Gasteiger partial charge in [0.05, 0.1) is 15.7 Å².